The largest absolute Gasteiger partial charge is 0.486 e. The molecule has 2 atom stereocenters. The van der Waals surface area contributed by atoms with Crippen LogP contribution < -0.4 is 4.74 Å². The third-order valence-electron chi connectivity index (χ3n) is 7.91. The molecule has 1 heterocycles. The van der Waals surface area contributed by atoms with E-state index in [0.29, 0.717) is 0 Å². The van der Waals surface area contributed by atoms with Gasteiger partial charge < -0.3 is 14.4 Å². The molecule has 0 aliphatic heterocycles. The summed E-state index contributed by atoms with van der Waals surface area (Å²) in [5.41, 5.74) is 5.92. The van der Waals surface area contributed by atoms with E-state index in [4.69, 9.17) is 4.74 Å². The van der Waals surface area contributed by atoms with Crippen LogP contribution in [0.15, 0.2) is 59.5 Å². The number of ether oxygens (including phenoxy) is 1. The second-order valence-corrected chi connectivity index (χ2v) is 11.3. The summed E-state index contributed by atoms with van der Waals surface area (Å²) in [6.07, 6.45) is 10.6. The molecule has 182 valence electrons. The molecule has 0 radical (unpaired) electrons. The minimum absolute atomic E-state index is 0.00206. The second kappa shape index (κ2) is 9.09. The summed E-state index contributed by atoms with van der Waals surface area (Å²) in [6, 6.07) is 7.83. The predicted molar refractivity (Wildman–Crippen MR) is 135 cm³/mol. The van der Waals surface area contributed by atoms with Crippen LogP contribution in [0.3, 0.4) is 0 Å². The molecule has 34 heavy (non-hydrogen) atoms. The average Bonchev–Trinajstić information content (AvgIpc) is 3.21. The van der Waals surface area contributed by atoms with Crippen LogP contribution in [-0.2, 0) is 11.8 Å². The fourth-order valence-electron chi connectivity index (χ4n) is 5.59. The highest BCUT2D eigenvalue weighted by atomic mass is 16.5. The summed E-state index contributed by atoms with van der Waals surface area (Å²) >= 11 is 0. The summed E-state index contributed by atoms with van der Waals surface area (Å²) in [6.45, 7) is 11.7. The van der Waals surface area contributed by atoms with Crippen molar-refractivity contribution in [1.29, 1.82) is 0 Å². The quantitative estimate of drug-likeness (QED) is 0.500. The van der Waals surface area contributed by atoms with Gasteiger partial charge in [-0.1, -0.05) is 51.5 Å². The first-order chi connectivity index (χ1) is 16.0. The van der Waals surface area contributed by atoms with Gasteiger partial charge in [0, 0.05) is 19.4 Å². The standard InChI is InChI=1S/C29H38N2O3/c1-19(21-9-12-24-25(17-21)29(4,5)14-13-28(24,2)3)34-22-10-7-20(8-11-22)23(18-26(32)33)27-30-15-16-31(27)6/h7-8,10-11,15-17,19,23H,9,12-14,18H2,1-6H3,(H,32,33)/t19-,23-/m0/s1. The van der Waals surface area contributed by atoms with Gasteiger partial charge >= 0.3 is 5.97 Å². The molecule has 2 aromatic rings. The van der Waals surface area contributed by atoms with Crippen molar-refractivity contribution >= 4 is 5.97 Å². The van der Waals surface area contributed by atoms with Crippen LogP contribution in [0.4, 0.5) is 0 Å². The van der Waals surface area contributed by atoms with Gasteiger partial charge in [-0.3, -0.25) is 4.79 Å². The van der Waals surface area contributed by atoms with Gasteiger partial charge in [-0.25, -0.2) is 4.98 Å². The maximum atomic E-state index is 11.5. The maximum absolute atomic E-state index is 11.5. The Morgan fingerprint density at radius 1 is 1.12 bits per heavy atom. The number of carbonyl (C=O) groups is 1. The van der Waals surface area contributed by atoms with Crippen LogP contribution in [0, 0.1) is 10.8 Å². The molecule has 4 rings (SSSR count). The number of benzene rings is 1. The molecule has 0 saturated heterocycles. The summed E-state index contributed by atoms with van der Waals surface area (Å²) in [5.74, 6) is 0.411. The number of aryl methyl sites for hydroxylation is 1. The molecule has 0 spiro atoms. The summed E-state index contributed by atoms with van der Waals surface area (Å²) in [4.78, 5) is 15.9. The zero-order chi connectivity index (χ0) is 24.7. The second-order valence-electron chi connectivity index (χ2n) is 11.3. The lowest BCUT2D eigenvalue weighted by Gasteiger charge is -2.45. The van der Waals surface area contributed by atoms with Gasteiger partial charge in [0.25, 0.3) is 0 Å². The zero-order valence-corrected chi connectivity index (χ0v) is 21.4. The summed E-state index contributed by atoms with van der Waals surface area (Å²) < 4.78 is 8.24. The average molecular weight is 463 g/mol. The van der Waals surface area contributed by atoms with Gasteiger partial charge in [0.05, 0.1) is 12.3 Å². The number of carboxylic acid groups (broad SMARTS) is 1. The number of nitrogens with zero attached hydrogens (tertiary/aromatic N) is 2. The van der Waals surface area contributed by atoms with E-state index in [1.165, 1.54) is 24.0 Å². The minimum Gasteiger partial charge on any atom is -0.486 e. The van der Waals surface area contributed by atoms with E-state index < -0.39 is 5.97 Å². The molecule has 2 aliphatic carbocycles. The Bertz CT molecular complexity index is 1120. The molecule has 2 aliphatic rings. The summed E-state index contributed by atoms with van der Waals surface area (Å²) in [7, 11) is 1.89. The lowest BCUT2D eigenvalue weighted by Crippen LogP contribution is -2.33. The molecule has 0 bridgehead atoms. The van der Waals surface area contributed by atoms with Crippen molar-refractivity contribution in [3.8, 4) is 5.75 Å². The van der Waals surface area contributed by atoms with Gasteiger partial charge in [0.1, 0.15) is 17.7 Å². The van der Waals surface area contributed by atoms with Crippen molar-refractivity contribution in [3.05, 3.63) is 70.8 Å². The maximum Gasteiger partial charge on any atom is 0.304 e. The molecule has 5 heteroatoms. The molecule has 0 fully saturated rings. The SMILES string of the molecule is C[C@H](Oc1ccc([C@H](CC(=O)O)c2nccn2C)cc1)C1=CC2=C(CC1)C(C)(C)CCC2(C)C. The molecule has 0 amide bonds. The highest BCUT2D eigenvalue weighted by molar-refractivity contribution is 5.68. The van der Waals surface area contributed by atoms with Crippen LogP contribution in [0.5, 0.6) is 5.75 Å². The number of allylic oxidation sites excluding steroid dienone is 3. The first-order valence-corrected chi connectivity index (χ1v) is 12.4. The van der Waals surface area contributed by atoms with Crippen molar-refractivity contribution in [2.75, 3.05) is 0 Å². The predicted octanol–water partition coefficient (Wildman–Crippen LogP) is 6.66. The molecule has 1 N–H and O–H groups in total. The first kappa shape index (κ1) is 24.3. The smallest absolute Gasteiger partial charge is 0.304 e. The van der Waals surface area contributed by atoms with Crippen molar-refractivity contribution in [3.63, 3.8) is 0 Å². The Hall–Kier alpha value is -2.82. The third-order valence-corrected chi connectivity index (χ3v) is 7.91. The first-order valence-electron chi connectivity index (χ1n) is 12.4. The van der Waals surface area contributed by atoms with E-state index in [2.05, 4.69) is 45.7 Å². The van der Waals surface area contributed by atoms with Crippen LogP contribution in [0.1, 0.15) is 84.0 Å². The van der Waals surface area contributed by atoms with Gasteiger partial charge in [-0.2, -0.15) is 0 Å². The fraction of sp³-hybridized carbons (Fsp3) is 0.517. The molecular formula is C29H38N2O3. The third kappa shape index (κ3) is 4.84. The number of aromatic nitrogens is 2. The highest BCUT2D eigenvalue weighted by Crippen LogP contribution is 2.53. The topological polar surface area (TPSA) is 64.3 Å². The molecule has 0 saturated carbocycles. The van der Waals surface area contributed by atoms with E-state index in [1.54, 1.807) is 11.8 Å². The van der Waals surface area contributed by atoms with Crippen molar-refractivity contribution in [2.24, 2.45) is 17.9 Å². The monoisotopic (exact) mass is 462 g/mol. The van der Waals surface area contributed by atoms with E-state index in [1.807, 2.05) is 42.1 Å². The number of rotatable bonds is 7. The number of imidazole rings is 1. The number of carboxylic acids is 1. The van der Waals surface area contributed by atoms with E-state index in [9.17, 15) is 9.90 Å². The number of aliphatic carboxylic acids is 1. The Morgan fingerprint density at radius 2 is 1.79 bits per heavy atom. The molecule has 1 aromatic heterocycles. The van der Waals surface area contributed by atoms with E-state index in [0.717, 1.165) is 30.0 Å². The zero-order valence-electron chi connectivity index (χ0n) is 21.4. The molecular weight excluding hydrogens is 424 g/mol. The number of hydrogen-bond acceptors (Lipinski definition) is 3. The number of hydrogen-bond donors (Lipinski definition) is 1. The Morgan fingerprint density at radius 3 is 2.41 bits per heavy atom. The van der Waals surface area contributed by atoms with Crippen molar-refractivity contribution in [2.45, 2.75) is 78.7 Å². The van der Waals surface area contributed by atoms with E-state index >= 15 is 0 Å². The van der Waals surface area contributed by atoms with Gasteiger partial charge in [-0.15, -0.1) is 0 Å². The van der Waals surface area contributed by atoms with Crippen molar-refractivity contribution < 1.29 is 14.6 Å². The fourth-order valence-corrected chi connectivity index (χ4v) is 5.59. The lowest BCUT2D eigenvalue weighted by molar-refractivity contribution is -0.137. The Balaban J connectivity index is 1.53. The van der Waals surface area contributed by atoms with Gasteiger partial charge in [0.2, 0.25) is 0 Å². The lowest BCUT2D eigenvalue weighted by atomic mass is 9.60. The minimum atomic E-state index is -0.839. The Kier molecular flexibility index (Phi) is 6.50. The van der Waals surface area contributed by atoms with Gasteiger partial charge in [-0.05, 0) is 72.3 Å². The normalized spacial score (nSPS) is 20.8. The molecule has 5 nitrogen and oxygen atoms in total. The van der Waals surface area contributed by atoms with Gasteiger partial charge in [0.15, 0.2) is 0 Å². The molecule has 0 unspecified atom stereocenters. The van der Waals surface area contributed by atoms with Crippen LogP contribution in [0.2, 0.25) is 0 Å². The van der Waals surface area contributed by atoms with Crippen LogP contribution in [0.25, 0.3) is 0 Å². The molecule has 1 aromatic carbocycles. The highest BCUT2D eigenvalue weighted by Gasteiger charge is 2.39. The summed E-state index contributed by atoms with van der Waals surface area (Å²) in [5, 5.41) is 9.43. The van der Waals surface area contributed by atoms with Crippen molar-refractivity contribution in [1.82, 2.24) is 9.55 Å². The van der Waals surface area contributed by atoms with E-state index in [-0.39, 0.29) is 29.3 Å². The van der Waals surface area contributed by atoms with Crippen LogP contribution in [-0.4, -0.2) is 26.7 Å². The van der Waals surface area contributed by atoms with Crippen LogP contribution >= 0.6 is 0 Å². The Labute approximate surface area is 203 Å².